The number of carbonyl (C=O) groups excluding carboxylic acids is 1. The van der Waals surface area contributed by atoms with Crippen LogP contribution in [-0.4, -0.2) is 44.9 Å². The Morgan fingerprint density at radius 2 is 2.21 bits per heavy atom. The number of aromatic amines is 1. The molecule has 1 aliphatic rings. The fourth-order valence-electron chi connectivity index (χ4n) is 2.22. The number of aromatic nitrogens is 3. The van der Waals surface area contributed by atoms with E-state index in [2.05, 4.69) is 15.2 Å². The molecule has 0 aromatic carbocycles. The van der Waals surface area contributed by atoms with Crippen LogP contribution in [0.3, 0.4) is 0 Å². The van der Waals surface area contributed by atoms with Crippen LogP contribution in [0.25, 0.3) is 0 Å². The lowest BCUT2D eigenvalue weighted by Gasteiger charge is -2.33. The predicted molar refractivity (Wildman–Crippen MR) is 70.9 cm³/mol. The monoisotopic (exact) mass is 266 g/mol. The van der Waals surface area contributed by atoms with Crippen molar-refractivity contribution in [2.75, 3.05) is 13.1 Å². The lowest BCUT2D eigenvalue weighted by atomic mass is 9.98. The van der Waals surface area contributed by atoms with Gasteiger partial charge in [0.15, 0.2) is 5.82 Å². The number of aryl methyl sites for hydroxylation is 1. The Hall–Kier alpha value is -1.59. The van der Waals surface area contributed by atoms with Crippen LogP contribution in [0.4, 0.5) is 4.79 Å². The second-order valence-electron chi connectivity index (χ2n) is 6.04. The lowest BCUT2D eigenvalue weighted by molar-refractivity contribution is 0.0196. The molecule has 1 aromatic rings. The van der Waals surface area contributed by atoms with Crippen molar-refractivity contribution in [1.29, 1.82) is 0 Å². The average Bonchev–Trinajstić information content (AvgIpc) is 2.74. The Labute approximate surface area is 113 Å². The molecule has 0 saturated carbocycles. The first-order chi connectivity index (χ1) is 8.85. The number of piperidine rings is 1. The molecular weight excluding hydrogens is 244 g/mol. The zero-order valence-corrected chi connectivity index (χ0v) is 12.1. The van der Waals surface area contributed by atoms with E-state index in [-0.39, 0.29) is 12.0 Å². The summed E-state index contributed by atoms with van der Waals surface area (Å²) in [6.45, 7) is 8.90. The topological polar surface area (TPSA) is 71.1 Å². The first-order valence-corrected chi connectivity index (χ1v) is 6.72. The van der Waals surface area contributed by atoms with E-state index in [1.165, 1.54) is 0 Å². The number of H-pyrrole nitrogens is 1. The summed E-state index contributed by atoms with van der Waals surface area (Å²) in [4.78, 5) is 18.2. The minimum absolute atomic E-state index is 0.200. The highest BCUT2D eigenvalue weighted by atomic mass is 16.6. The first kappa shape index (κ1) is 13.8. The van der Waals surface area contributed by atoms with Gasteiger partial charge in [0, 0.05) is 19.0 Å². The Balaban J connectivity index is 1.99. The first-order valence-electron chi connectivity index (χ1n) is 6.72. The molecule has 2 rings (SSSR count). The van der Waals surface area contributed by atoms with E-state index in [1.807, 2.05) is 27.7 Å². The number of carbonyl (C=O) groups is 1. The lowest BCUT2D eigenvalue weighted by Crippen LogP contribution is -2.42. The number of likely N-dealkylation sites (tertiary alicyclic amines) is 1. The molecule has 0 aliphatic carbocycles. The van der Waals surface area contributed by atoms with Gasteiger partial charge in [-0.3, -0.25) is 5.10 Å². The van der Waals surface area contributed by atoms with Crippen molar-refractivity contribution in [3.63, 3.8) is 0 Å². The van der Waals surface area contributed by atoms with Crippen LogP contribution in [0.5, 0.6) is 0 Å². The van der Waals surface area contributed by atoms with Gasteiger partial charge in [0.1, 0.15) is 11.4 Å². The highest BCUT2D eigenvalue weighted by molar-refractivity contribution is 5.68. The van der Waals surface area contributed by atoms with Crippen molar-refractivity contribution in [2.24, 2.45) is 0 Å². The number of amides is 1. The highest BCUT2D eigenvalue weighted by Gasteiger charge is 2.29. The van der Waals surface area contributed by atoms with Crippen molar-refractivity contribution in [2.45, 2.75) is 52.1 Å². The fourth-order valence-corrected chi connectivity index (χ4v) is 2.22. The average molecular weight is 266 g/mol. The second-order valence-corrected chi connectivity index (χ2v) is 6.04. The number of rotatable bonds is 1. The van der Waals surface area contributed by atoms with Gasteiger partial charge in [-0.25, -0.2) is 9.78 Å². The normalized spacial score (nSPS) is 20.4. The maximum atomic E-state index is 12.1. The summed E-state index contributed by atoms with van der Waals surface area (Å²) in [5.74, 6) is 1.81. The van der Waals surface area contributed by atoms with Crippen LogP contribution in [0.2, 0.25) is 0 Å². The molecule has 1 saturated heterocycles. The zero-order chi connectivity index (χ0) is 14.0. The van der Waals surface area contributed by atoms with Gasteiger partial charge in [-0.15, -0.1) is 0 Å². The number of nitrogens with zero attached hydrogens (tertiary/aromatic N) is 3. The van der Waals surface area contributed by atoms with Crippen molar-refractivity contribution in [3.8, 4) is 0 Å². The summed E-state index contributed by atoms with van der Waals surface area (Å²) in [6.07, 6.45) is 1.72. The van der Waals surface area contributed by atoms with E-state index >= 15 is 0 Å². The molecule has 19 heavy (non-hydrogen) atoms. The molecule has 106 valence electrons. The summed E-state index contributed by atoms with van der Waals surface area (Å²) in [5.41, 5.74) is -0.453. The summed E-state index contributed by atoms with van der Waals surface area (Å²) >= 11 is 0. The SMILES string of the molecule is Cc1nc([C@@H]2CCCN(C(=O)OC(C)(C)C)C2)n[nH]1. The van der Waals surface area contributed by atoms with Crippen molar-refractivity contribution >= 4 is 6.09 Å². The minimum Gasteiger partial charge on any atom is -0.444 e. The van der Waals surface area contributed by atoms with Crippen molar-refractivity contribution < 1.29 is 9.53 Å². The molecule has 1 aromatic heterocycles. The van der Waals surface area contributed by atoms with Crippen LogP contribution >= 0.6 is 0 Å². The summed E-state index contributed by atoms with van der Waals surface area (Å²) < 4.78 is 5.40. The maximum Gasteiger partial charge on any atom is 0.410 e. The molecule has 0 unspecified atom stereocenters. The van der Waals surface area contributed by atoms with Gasteiger partial charge in [0.25, 0.3) is 0 Å². The predicted octanol–water partition coefficient (Wildman–Crippen LogP) is 2.23. The van der Waals surface area contributed by atoms with Crippen LogP contribution in [0, 0.1) is 6.92 Å². The Kier molecular flexibility index (Phi) is 3.78. The Bertz CT molecular complexity index is 450. The smallest absolute Gasteiger partial charge is 0.410 e. The molecule has 1 atom stereocenters. The zero-order valence-electron chi connectivity index (χ0n) is 12.1. The van der Waals surface area contributed by atoms with Gasteiger partial charge in [-0.1, -0.05) is 0 Å². The van der Waals surface area contributed by atoms with E-state index < -0.39 is 5.60 Å². The molecule has 0 spiro atoms. The summed E-state index contributed by atoms with van der Waals surface area (Å²) in [7, 11) is 0. The van der Waals surface area contributed by atoms with E-state index in [1.54, 1.807) is 4.90 Å². The van der Waals surface area contributed by atoms with E-state index in [9.17, 15) is 4.79 Å². The third-order valence-corrected chi connectivity index (χ3v) is 3.05. The molecule has 6 heteroatoms. The van der Waals surface area contributed by atoms with Gasteiger partial charge in [0.2, 0.25) is 0 Å². The van der Waals surface area contributed by atoms with Gasteiger partial charge in [0.05, 0.1) is 0 Å². The Morgan fingerprint density at radius 1 is 1.47 bits per heavy atom. The number of hydrogen-bond acceptors (Lipinski definition) is 4. The van der Waals surface area contributed by atoms with Gasteiger partial charge < -0.3 is 9.64 Å². The Morgan fingerprint density at radius 3 is 2.79 bits per heavy atom. The van der Waals surface area contributed by atoms with Crippen molar-refractivity contribution in [3.05, 3.63) is 11.6 Å². The maximum absolute atomic E-state index is 12.1. The third kappa shape index (κ3) is 3.68. The van der Waals surface area contributed by atoms with Crippen LogP contribution < -0.4 is 0 Å². The molecule has 1 aliphatic heterocycles. The third-order valence-electron chi connectivity index (χ3n) is 3.05. The van der Waals surface area contributed by atoms with Crippen molar-refractivity contribution in [1.82, 2.24) is 20.1 Å². The molecule has 6 nitrogen and oxygen atoms in total. The van der Waals surface area contributed by atoms with Gasteiger partial charge in [-0.05, 0) is 40.5 Å². The number of ether oxygens (including phenoxy) is 1. The molecule has 0 radical (unpaired) electrons. The molecule has 1 fully saturated rings. The van der Waals surface area contributed by atoms with Crippen LogP contribution in [0.15, 0.2) is 0 Å². The summed E-state index contributed by atoms with van der Waals surface area (Å²) in [6, 6.07) is 0. The molecule has 2 heterocycles. The van der Waals surface area contributed by atoms with Crippen LogP contribution in [-0.2, 0) is 4.74 Å². The minimum atomic E-state index is -0.453. The molecule has 1 amide bonds. The highest BCUT2D eigenvalue weighted by Crippen LogP contribution is 2.25. The van der Waals surface area contributed by atoms with Gasteiger partial charge >= 0.3 is 6.09 Å². The van der Waals surface area contributed by atoms with E-state index in [0.29, 0.717) is 6.54 Å². The van der Waals surface area contributed by atoms with E-state index in [0.717, 1.165) is 31.0 Å². The summed E-state index contributed by atoms with van der Waals surface area (Å²) in [5, 5.41) is 7.05. The fraction of sp³-hybridized carbons (Fsp3) is 0.769. The molecule has 1 N–H and O–H groups in total. The van der Waals surface area contributed by atoms with E-state index in [4.69, 9.17) is 4.74 Å². The second kappa shape index (κ2) is 5.19. The number of nitrogens with one attached hydrogen (secondary N) is 1. The quantitative estimate of drug-likeness (QED) is 0.846. The largest absolute Gasteiger partial charge is 0.444 e. The van der Waals surface area contributed by atoms with Crippen LogP contribution in [0.1, 0.15) is 51.2 Å². The molecular formula is C13H22N4O2. The molecule has 0 bridgehead atoms. The standard InChI is InChI=1S/C13H22N4O2/c1-9-14-11(16-15-9)10-6-5-7-17(8-10)12(18)19-13(2,3)4/h10H,5-8H2,1-4H3,(H,14,15,16)/t10-/m1/s1. The van der Waals surface area contributed by atoms with Gasteiger partial charge in [-0.2, -0.15) is 5.10 Å². The number of hydrogen-bond donors (Lipinski definition) is 1.